The summed E-state index contributed by atoms with van der Waals surface area (Å²) in [6.07, 6.45) is 4.71. The van der Waals surface area contributed by atoms with Crippen LogP contribution in [0.3, 0.4) is 0 Å². The summed E-state index contributed by atoms with van der Waals surface area (Å²) in [7, 11) is 0. The molecule has 1 saturated carbocycles. The molecule has 1 atom stereocenters. The monoisotopic (exact) mass is 499 g/mol. The van der Waals surface area contributed by atoms with Gasteiger partial charge in [0.25, 0.3) is 0 Å². The molecular formula is C27H26FN7O2. The van der Waals surface area contributed by atoms with E-state index >= 15 is 0 Å². The Hall–Kier alpha value is -4.21. The number of ketones is 1. The molecule has 6 rings (SSSR count). The largest absolute Gasteiger partial charge is 0.360 e. The third-order valence-corrected chi connectivity index (χ3v) is 7.20. The highest BCUT2D eigenvalue weighted by molar-refractivity contribution is 6.07. The molecule has 1 aromatic carbocycles. The van der Waals surface area contributed by atoms with Crippen LogP contribution in [0.1, 0.15) is 50.7 Å². The van der Waals surface area contributed by atoms with Crippen LogP contribution in [0.4, 0.5) is 16.0 Å². The zero-order chi connectivity index (χ0) is 25.7. The highest BCUT2D eigenvalue weighted by Crippen LogP contribution is 2.42. The van der Waals surface area contributed by atoms with Crippen molar-refractivity contribution in [3.63, 3.8) is 0 Å². The van der Waals surface area contributed by atoms with Gasteiger partial charge in [-0.15, -0.1) is 0 Å². The minimum absolute atomic E-state index is 0.138. The maximum Gasteiger partial charge on any atom is 0.235 e. The summed E-state index contributed by atoms with van der Waals surface area (Å²) >= 11 is 0. The molecule has 4 heterocycles. The molecule has 9 nitrogen and oxygen atoms in total. The predicted octanol–water partition coefficient (Wildman–Crippen LogP) is 4.23. The van der Waals surface area contributed by atoms with Crippen molar-refractivity contribution in [2.75, 3.05) is 10.6 Å². The van der Waals surface area contributed by atoms with E-state index < -0.39 is 5.41 Å². The van der Waals surface area contributed by atoms with Crippen molar-refractivity contribution in [2.24, 2.45) is 0 Å². The number of aromatic nitrogens is 5. The number of carbonyl (C=O) groups is 2. The number of halogens is 1. The second kappa shape index (κ2) is 8.72. The van der Waals surface area contributed by atoms with Crippen molar-refractivity contribution in [3.05, 3.63) is 59.5 Å². The summed E-state index contributed by atoms with van der Waals surface area (Å²) in [4.78, 5) is 39.4. The van der Waals surface area contributed by atoms with Gasteiger partial charge in [0.05, 0.1) is 29.0 Å². The first kappa shape index (κ1) is 23.2. The van der Waals surface area contributed by atoms with E-state index in [1.807, 2.05) is 19.9 Å². The predicted molar refractivity (Wildman–Crippen MR) is 137 cm³/mol. The molecule has 3 aromatic heterocycles. The van der Waals surface area contributed by atoms with E-state index in [0.29, 0.717) is 52.3 Å². The Balaban J connectivity index is 1.49. The highest BCUT2D eigenvalue weighted by atomic mass is 19.1. The van der Waals surface area contributed by atoms with E-state index in [9.17, 15) is 14.0 Å². The van der Waals surface area contributed by atoms with Gasteiger partial charge < -0.3 is 10.6 Å². The van der Waals surface area contributed by atoms with Gasteiger partial charge in [0.1, 0.15) is 23.1 Å². The van der Waals surface area contributed by atoms with E-state index in [1.54, 1.807) is 35.1 Å². The molecule has 0 radical (unpaired) electrons. The van der Waals surface area contributed by atoms with Gasteiger partial charge in [-0.25, -0.2) is 24.0 Å². The van der Waals surface area contributed by atoms with E-state index in [0.717, 1.165) is 12.8 Å². The summed E-state index contributed by atoms with van der Waals surface area (Å²) in [5.74, 6) is 0.747. The van der Waals surface area contributed by atoms with Crippen LogP contribution < -0.4 is 10.6 Å². The molecule has 0 unspecified atom stereocenters. The van der Waals surface area contributed by atoms with Crippen LogP contribution in [-0.2, 0) is 21.5 Å². The van der Waals surface area contributed by atoms with Crippen LogP contribution in [0.2, 0.25) is 0 Å². The number of nitrogens with zero attached hydrogens (tertiary/aromatic N) is 5. The van der Waals surface area contributed by atoms with Gasteiger partial charge in [-0.3, -0.25) is 9.59 Å². The lowest BCUT2D eigenvalue weighted by molar-refractivity contribution is -0.121. The number of rotatable bonds is 5. The minimum atomic E-state index is -0.873. The third kappa shape index (κ3) is 3.92. The fourth-order valence-corrected chi connectivity index (χ4v) is 5.10. The number of carbonyl (C=O) groups excluding carboxylic acids is 2. The second-order valence-corrected chi connectivity index (χ2v) is 10.1. The van der Waals surface area contributed by atoms with Crippen LogP contribution in [0.5, 0.6) is 0 Å². The summed E-state index contributed by atoms with van der Waals surface area (Å²) < 4.78 is 16.0. The van der Waals surface area contributed by atoms with Crippen molar-refractivity contribution < 1.29 is 14.0 Å². The van der Waals surface area contributed by atoms with Crippen LogP contribution in [0.15, 0.2) is 42.6 Å². The molecule has 0 bridgehead atoms. The Bertz CT molecular complexity index is 1560. The van der Waals surface area contributed by atoms with Gasteiger partial charge in [-0.2, -0.15) is 5.10 Å². The molecule has 1 amide bonds. The lowest BCUT2D eigenvalue weighted by Gasteiger charge is -2.25. The van der Waals surface area contributed by atoms with Gasteiger partial charge in [0.2, 0.25) is 5.91 Å². The highest BCUT2D eigenvalue weighted by Gasteiger charge is 2.43. The zero-order valence-corrected chi connectivity index (χ0v) is 20.6. The molecule has 1 aliphatic carbocycles. The lowest BCUT2D eigenvalue weighted by Crippen LogP contribution is -2.34. The van der Waals surface area contributed by atoms with Gasteiger partial charge in [-0.1, -0.05) is 24.6 Å². The molecule has 1 fully saturated rings. The zero-order valence-electron chi connectivity index (χ0n) is 20.6. The van der Waals surface area contributed by atoms with Gasteiger partial charge in [-0.05, 0) is 44.9 Å². The molecule has 37 heavy (non-hydrogen) atoms. The molecule has 188 valence electrons. The molecule has 0 saturated heterocycles. The number of fused-ring (bicyclic) bond motifs is 2. The number of nitrogens with one attached hydrogen (secondary N) is 2. The molecular weight excluding hydrogens is 473 g/mol. The van der Waals surface area contributed by atoms with E-state index in [4.69, 9.17) is 10.1 Å². The maximum atomic E-state index is 14.4. The average molecular weight is 500 g/mol. The topological polar surface area (TPSA) is 115 Å². The number of hydrogen-bond acceptors (Lipinski definition) is 7. The minimum Gasteiger partial charge on any atom is -0.360 e. The fraction of sp³-hybridized carbons (Fsp3) is 0.333. The normalized spacial score (nSPS) is 18.6. The first-order chi connectivity index (χ1) is 17.8. The number of pyridine rings is 1. The van der Waals surface area contributed by atoms with Crippen LogP contribution in [0.25, 0.3) is 22.6 Å². The smallest absolute Gasteiger partial charge is 0.235 e. The molecule has 0 spiro atoms. The van der Waals surface area contributed by atoms with E-state index in [1.165, 1.54) is 6.07 Å². The summed E-state index contributed by atoms with van der Waals surface area (Å²) in [5.41, 5.74) is 1.26. The van der Waals surface area contributed by atoms with Crippen molar-refractivity contribution >= 4 is 34.4 Å². The van der Waals surface area contributed by atoms with Crippen molar-refractivity contribution in [1.82, 2.24) is 24.7 Å². The molecule has 1 aliphatic heterocycles. The summed E-state index contributed by atoms with van der Waals surface area (Å²) in [6, 6.07) is 9.81. The Labute approximate surface area is 212 Å². The summed E-state index contributed by atoms with van der Waals surface area (Å²) in [6.45, 7) is 3.80. The van der Waals surface area contributed by atoms with Gasteiger partial charge in [0.15, 0.2) is 17.3 Å². The first-order valence-electron chi connectivity index (χ1n) is 12.4. The molecule has 4 aromatic rings. The molecule has 10 heteroatoms. The summed E-state index contributed by atoms with van der Waals surface area (Å²) in [5, 5.41) is 11.6. The number of anilines is 2. The van der Waals surface area contributed by atoms with Crippen molar-refractivity contribution in [1.29, 1.82) is 0 Å². The van der Waals surface area contributed by atoms with Gasteiger partial charge in [0, 0.05) is 18.2 Å². The Morgan fingerprint density at radius 2 is 1.97 bits per heavy atom. The van der Waals surface area contributed by atoms with E-state index in [-0.39, 0.29) is 35.9 Å². The SMILES string of the molecule is CC1(C)C(=O)Nc2nc(-c3nn(Cc4ccccc4F)c4ncccc34)nc(N[C@@H]3CCCCC3=O)c21. The van der Waals surface area contributed by atoms with E-state index in [2.05, 4.69) is 20.6 Å². The lowest BCUT2D eigenvalue weighted by atomic mass is 9.86. The van der Waals surface area contributed by atoms with Crippen LogP contribution in [0, 0.1) is 5.82 Å². The first-order valence-corrected chi connectivity index (χ1v) is 12.4. The Morgan fingerprint density at radius 1 is 1.14 bits per heavy atom. The molecule has 2 aliphatic rings. The second-order valence-electron chi connectivity index (χ2n) is 10.1. The number of benzene rings is 1. The fourth-order valence-electron chi connectivity index (χ4n) is 5.10. The quantitative estimate of drug-likeness (QED) is 0.422. The van der Waals surface area contributed by atoms with Gasteiger partial charge >= 0.3 is 0 Å². The number of Topliss-reactive ketones (excluding diaryl/α,β-unsaturated/α-hetero) is 1. The van der Waals surface area contributed by atoms with Crippen LogP contribution >= 0.6 is 0 Å². The third-order valence-electron chi connectivity index (χ3n) is 7.20. The standard InChI is InChI=1S/C27H26FN7O2/c1-27(2)20-22(30-18-11-5-6-12-19(18)36)31-24(32-23(20)33-26(27)37)21-16-9-7-13-29-25(16)35(34-21)14-15-8-3-4-10-17(15)28/h3-4,7-10,13,18H,5-6,11-12,14H2,1-2H3,(H2,30,31,32,33,37)/t18-/m1/s1. The number of hydrogen-bond donors (Lipinski definition) is 2. The van der Waals surface area contributed by atoms with Crippen molar-refractivity contribution in [3.8, 4) is 11.5 Å². The maximum absolute atomic E-state index is 14.4. The number of amides is 1. The Morgan fingerprint density at radius 3 is 2.78 bits per heavy atom. The van der Waals surface area contributed by atoms with Crippen LogP contribution in [-0.4, -0.2) is 42.5 Å². The Kier molecular flexibility index (Phi) is 5.47. The molecule has 2 N–H and O–H groups in total. The average Bonchev–Trinajstić information content (AvgIpc) is 3.36. The van der Waals surface area contributed by atoms with Crippen molar-refractivity contribution in [2.45, 2.75) is 57.5 Å².